The zero-order valence-corrected chi connectivity index (χ0v) is 11.5. The van der Waals surface area contributed by atoms with Crippen molar-refractivity contribution < 1.29 is 14.3 Å². The smallest absolute Gasteiger partial charge is 0.251 e. The average Bonchev–Trinajstić information content (AvgIpc) is 2.61. The molecule has 2 rings (SSSR count). The highest BCUT2D eigenvalue weighted by molar-refractivity contribution is 6.32. The number of imide groups is 1. The number of nitrogens with zero attached hydrogens (tertiary/aromatic N) is 1. The zero-order chi connectivity index (χ0) is 14.0. The van der Waals surface area contributed by atoms with Crippen LogP contribution in [-0.4, -0.2) is 36.4 Å². The summed E-state index contributed by atoms with van der Waals surface area (Å²) < 4.78 is 5.33. The van der Waals surface area contributed by atoms with Gasteiger partial charge < -0.3 is 10.1 Å². The second-order valence-electron chi connectivity index (χ2n) is 4.27. The molecule has 0 aliphatic carbocycles. The van der Waals surface area contributed by atoms with E-state index in [1.807, 2.05) is 6.92 Å². The van der Waals surface area contributed by atoms with Crippen molar-refractivity contribution in [3.05, 3.63) is 23.2 Å². The monoisotopic (exact) mass is 282 g/mol. The summed E-state index contributed by atoms with van der Waals surface area (Å²) in [6, 6.07) is 4.67. The molecule has 6 heteroatoms. The van der Waals surface area contributed by atoms with Gasteiger partial charge in [-0.2, -0.15) is 0 Å². The van der Waals surface area contributed by atoms with Crippen molar-refractivity contribution in [3.63, 3.8) is 0 Å². The van der Waals surface area contributed by atoms with E-state index in [4.69, 9.17) is 16.3 Å². The molecule has 1 aliphatic heterocycles. The van der Waals surface area contributed by atoms with Crippen molar-refractivity contribution in [2.75, 3.05) is 19.0 Å². The van der Waals surface area contributed by atoms with Crippen LogP contribution < -0.4 is 10.1 Å². The molecule has 0 spiro atoms. The highest BCUT2D eigenvalue weighted by atomic mass is 35.5. The molecule has 1 aromatic rings. The minimum Gasteiger partial charge on any atom is -0.492 e. The first-order valence-corrected chi connectivity index (χ1v) is 6.40. The Morgan fingerprint density at radius 3 is 2.74 bits per heavy atom. The number of hydrogen-bond acceptors (Lipinski definition) is 4. The standard InChI is InChI=1S/C13H15ClN2O3/c1-3-19-11-5-4-8(6-9(11)14)15-10-7-12(17)16(2)13(10)18/h4-6,10,15H,3,7H2,1-2H3. The maximum Gasteiger partial charge on any atom is 0.251 e. The third-order valence-corrected chi connectivity index (χ3v) is 3.25. The first kappa shape index (κ1) is 13.7. The van der Waals surface area contributed by atoms with Crippen LogP contribution in [0.4, 0.5) is 5.69 Å². The van der Waals surface area contributed by atoms with Gasteiger partial charge >= 0.3 is 0 Å². The molecule has 0 bridgehead atoms. The molecule has 1 heterocycles. The second-order valence-corrected chi connectivity index (χ2v) is 4.68. The molecule has 0 radical (unpaired) electrons. The van der Waals surface area contributed by atoms with Crippen molar-refractivity contribution in [1.29, 1.82) is 0 Å². The summed E-state index contributed by atoms with van der Waals surface area (Å²) in [5.74, 6) is 0.190. The number of likely N-dealkylation sites (N-methyl/N-ethyl adjacent to an activating group) is 1. The highest BCUT2D eigenvalue weighted by Gasteiger charge is 2.35. The third kappa shape index (κ3) is 2.81. The van der Waals surface area contributed by atoms with Crippen LogP contribution >= 0.6 is 11.6 Å². The van der Waals surface area contributed by atoms with Crippen LogP contribution in [0.3, 0.4) is 0 Å². The van der Waals surface area contributed by atoms with Crippen molar-refractivity contribution in [3.8, 4) is 5.75 Å². The van der Waals surface area contributed by atoms with Crippen LogP contribution in [0.15, 0.2) is 18.2 Å². The Labute approximate surface area is 116 Å². The molecule has 19 heavy (non-hydrogen) atoms. The predicted molar refractivity (Wildman–Crippen MR) is 72.4 cm³/mol. The van der Waals surface area contributed by atoms with E-state index in [0.29, 0.717) is 23.1 Å². The predicted octanol–water partition coefficient (Wildman–Crippen LogP) is 1.91. The minimum atomic E-state index is -0.522. The SMILES string of the molecule is CCOc1ccc(NC2CC(=O)N(C)C2=O)cc1Cl. The molecule has 1 saturated heterocycles. The first-order valence-electron chi connectivity index (χ1n) is 6.02. The molecule has 1 aromatic carbocycles. The third-order valence-electron chi connectivity index (χ3n) is 2.95. The number of benzene rings is 1. The van der Waals surface area contributed by atoms with Gasteiger partial charge in [-0.05, 0) is 25.1 Å². The van der Waals surface area contributed by atoms with E-state index in [0.717, 1.165) is 4.90 Å². The van der Waals surface area contributed by atoms with E-state index in [1.54, 1.807) is 18.2 Å². The lowest BCUT2D eigenvalue weighted by Gasteiger charge is -2.13. The van der Waals surface area contributed by atoms with Crippen LogP contribution in [0, 0.1) is 0 Å². The zero-order valence-electron chi connectivity index (χ0n) is 10.8. The Morgan fingerprint density at radius 2 is 2.21 bits per heavy atom. The summed E-state index contributed by atoms with van der Waals surface area (Å²) in [5, 5.41) is 3.48. The van der Waals surface area contributed by atoms with E-state index in [-0.39, 0.29) is 18.2 Å². The number of carbonyl (C=O) groups excluding carboxylic acids is 2. The minimum absolute atomic E-state index is 0.167. The van der Waals surface area contributed by atoms with Gasteiger partial charge in [0.1, 0.15) is 11.8 Å². The summed E-state index contributed by atoms with van der Waals surface area (Å²) in [4.78, 5) is 24.3. The molecular weight excluding hydrogens is 268 g/mol. The molecule has 5 nitrogen and oxygen atoms in total. The number of amides is 2. The summed E-state index contributed by atoms with van der Waals surface area (Å²) in [5.41, 5.74) is 0.690. The van der Waals surface area contributed by atoms with Crippen LogP contribution in [0.5, 0.6) is 5.75 Å². The number of rotatable bonds is 4. The number of carbonyl (C=O) groups is 2. The van der Waals surface area contributed by atoms with Crippen LogP contribution in [0.2, 0.25) is 5.02 Å². The summed E-state index contributed by atoms with van der Waals surface area (Å²) >= 11 is 6.06. The number of hydrogen-bond donors (Lipinski definition) is 1. The molecule has 1 atom stereocenters. The fraction of sp³-hybridized carbons (Fsp3) is 0.385. The van der Waals surface area contributed by atoms with Gasteiger partial charge in [0.25, 0.3) is 5.91 Å². The lowest BCUT2D eigenvalue weighted by atomic mass is 10.2. The van der Waals surface area contributed by atoms with E-state index < -0.39 is 6.04 Å². The van der Waals surface area contributed by atoms with Gasteiger partial charge in [-0.25, -0.2) is 0 Å². The number of nitrogens with one attached hydrogen (secondary N) is 1. The fourth-order valence-electron chi connectivity index (χ4n) is 1.93. The van der Waals surface area contributed by atoms with E-state index >= 15 is 0 Å². The lowest BCUT2D eigenvalue weighted by molar-refractivity contribution is -0.136. The molecular formula is C13H15ClN2O3. The molecule has 2 amide bonds. The number of likely N-dealkylation sites (tertiary alicyclic amines) is 1. The maximum atomic E-state index is 11.8. The summed E-state index contributed by atoms with van der Waals surface area (Å²) in [6.45, 7) is 2.41. The Morgan fingerprint density at radius 1 is 1.47 bits per heavy atom. The average molecular weight is 283 g/mol. The number of halogens is 1. The number of ether oxygens (including phenoxy) is 1. The van der Waals surface area contributed by atoms with Crippen molar-refractivity contribution in [2.24, 2.45) is 0 Å². The van der Waals surface area contributed by atoms with Gasteiger partial charge in [0.2, 0.25) is 5.91 Å². The van der Waals surface area contributed by atoms with Crippen molar-refractivity contribution >= 4 is 29.1 Å². The van der Waals surface area contributed by atoms with Gasteiger partial charge in [0.15, 0.2) is 0 Å². The molecule has 1 N–H and O–H groups in total. The van der Waals surface area contributed by atoms with Gasteiger partial charge in [-0.3, -0.25) is 14.5 Å². The summed E-state index contributed by atoms with van der Waals surface area (Å²) in [7, 11) is 1.48. The molecule has 1 aliphatic rings. The Balaban J connectivity index is 2.10. The topological polar surface area (TPSA) is 58.6 Å². The maximum absolute atomic E-state index is 11.8. The normalized spacial score (nSPS) is 18.9. The molecule has 0 saturated carbocycles. The molecule has 1 fully saturated rings. The molecule has 102 valence electrons. The number of anilines is 1. The summed E-state index contributed by atoms with van der Waals surface area (Å²) in [6.07, 6.45) is 0.167. The largest absolute Gasteiger partial charge is 0.492 e. The first-order chi connectivity index (χ1) is 9.02. The van der Waals surface area contributed by atoms with Gasteiger partial charge in [0.05, 0.1) is 18.1 Å². The van der Waals surface area contributed by atoms with Crippen molar-refractivity contribution in [1.82, 2.24) is 4.90 Å². The highest BCUT2D eigenvalue weighted by Crippen LogP contribution is 2.28. The van der Waals surface area contributed by atoms with Crippen LogP contribution in [0.25, 0.3) is 0 Å². The van der Waals surface area contributed by atoms with Crippen molar-refractivity contribution in [2.45, 2.75) is 19.4 Å². The molecule has 1 unspecified atom stereocenters. The van der Waals surface area contributed by atoms with Gasteiger partial charge in [-0.15, -0.1) is 0 Å². The van der Waals surface area contributed by atoms with E-state index in [9.17, 15) is 9.59 Å². The van der Waals surface area contributed by atoms with Crippen LogP contribution in [0.1, 0.15) is 13.3 Å². The van der Waals surface area contributed by atoms with E-state index in [2.05, 4.69) is 5.32 Å². The van der Waals surface area contributed by atoms with E-state index in [1.165, 1.54) is 7.05 Å². The lowest BCUT2D eigenvalue weighted by Crippen LogP contribution is -2.31. The fourth-order valence-corrected chi connectivity index (χ4v) is 2.17. The van der Waals surface area contributed by atoms with Crippen LogP contribution in [-0.2, 0) is 9.59 Å². The Kier molecular flexibility index (Phi) is 3.95. The Bertz CT molecular complexity index is 519. The Hall–Kier alpha value is -1.75. The molecule has 0 aromatic heterocycles. The quantitative estimate of drug-likeness (QED) is 0.857. The van der Waals surface area contributed by atoms with Gasteiger partial charge in [-0.1, -0.05) is 11.6 Å². The second kappa shape index (κ2) is 5.48. The van der Waals surface area contributed by atoms with Gasteiger partial charge in [0, 0.05) is 12.7 Å².